The Labute approximate surface area is 235 Å². The number of fused-ring (bicyclic) bond motifs is 2. The van der Waals surface area contributed by atoms with E-state index in [1.807, 2.05) is 0 Å². The molecule has 40 heavy (non-hydrogen) atoms. The number of aliphatic carboxylic acids is 1. The summed E-state index contributed by atoms with van der Waals surface area (Å²) >= 11 is 0. The average molecular weight is 553 g/mol. The maximum atomic E-state index is 13.2. The van der Waals surface area contributed by atoms with E-state index in [2.05, 4.69) is 48.1 Å². The first-order chi connectivity index (χ1) is 19.0. The largest absolute Gasteiger partial charge is 0.481 e. The summed E-state index contributed by atoms with van der Waals surface area (Å²) in [5.74, 6) is -1.67. The first kappa shape index (κ1) is 32.3. The Hall–Kier alpha value is -3.89. The second-order valence-corrected chi connectivity index (χ2v) is 9.35. The van der Waals surface area contributed by atoms with Gasteiger partial charge in [-0.2, -0.15) is 0 Å². The summed E-state index contributed by atoms with van der Waals surface area (Å²) in [6, 6.07) is 9.57. The number of hydrogen-bond donors (Lipinski definition) is 3. The first-order valence-corrected chi connectivity index (χ1v) is 13.7. The van der Waals surface area contributed by atoms with Crippen LogP contribution < -0.4 is 10.6 Å². The van der Waals surface area contributed by atoms with Gasteiger partial charge in [-0.3, -0.25) is 24.0 Å². The lowest BCUT2D eigenvalue weighted by Gasteiger charge is -2.20. The lowest BCUT2D eigenvalue weighted by molar-refractivity contribution is -0.134. The van der Waals surface area contributed by atoms with Crippen LogP contribution >= 0.6 is 0 Å². The van der Waals surface area contributed by atoms with Gasteiger partial charge in [0, 0.05) is 66.5 Å². The quantitative estimate of drug-likeness (QED) is 0.308. The van der Waals surface area contributed by atoms with Crippen LogP contribution in [0.25, 0.3) is 0 Å². The van der Waals surface area contributed by atoms with Crippen LogP contribution in [0.3, 0.4) is 0 Å². The molecule has 0 unspecified atom stereocenters. The molecule has 0 bridgehead atoms. The summed E-state index contributed by atoms with van der Waals surface area (Å²) in [7, 11) is 0. The van der Waals surface area contributed by atoms with Gasteiger partial charge in [0.2, 0.25) is 11.8 Å². The molecule has 10 nitrogen and oxygen atoms in total. The maximum absolute atomic E-state index is 13.2. The highest BCUT2D eigenvalue weighted by molar-refractivity contribution is 6.29. The third kappa shape index (κ3) is 9.10. The number of carboxylic acid groups (broad SMARTS) is 1. The Morgan fingerprint density at radius 2 is 0.975 bits per heavy atom. The third-order valence-electron chi connectivity index (χ3n) is 6.68. The summed E-state index contributed by atoms with van der Waals surface area (Å²) in [5, 5.41) is 13.1. The summed E-state index contributed by atoms with van der Waals surface area (Å²) in [4.78, 5) is 64.5. The van der Waals surface area contributed by atoms with E-state index < -0.39 is 5.97 Å². The van der Waals surface area contributed by atoms with Crippen molar-refractivity contribution >= 4 is 40.7 Å². The molecule has 10 heteroatoms. The molecule has 0 atom stereocenters. The first-order valence-electron chi connectivity index (χ1n) is 13.7. The molecule has 216 valence electrons. The number of anilines is 2. The van der Waals surface area contributed by atoms with Gasteiger partial charge < -0.3 is 25.5 Å². The standard InChI is InChI=1S/C28H36N4O4.C2H4O2/c1-5-31(6-2)15-13-25(33)29-19-9-11-21-23(17-19)27(35)22-12-10-20(18-24(22)28(21)36)30-26(34)14-16-32(7-3)8-4;1-2(3)4/h9-12,17-18H,5-8,13-16H2,1-4H3,(H,29,33)(H,30,34);1H3,(H,3,4). The zero-order valence-corrected chi connectivity index (χ0v) is 24.0. The molecule has 1 aliphatic rings. The van der Waals surface area contributed by atoms with Crippen molar-refractivity contribution in [1.82, 2.24) is 9.80 Å². The molecule has 0 aromatic heterocycles. The van der Waals surface area contributed by atoms with Crippen LogP contribution in [0.15, 0.2) is 36.4 Å². The number of nitrogens with zero attached hydrogens (tertiary/aromatic N) is 2. The van der Waals surface area contributed by atoms with Gasteiger partial charge in [-0.25, -0.2) is 0 Å². The van der Waals surface area contributed by atoms with Crippen molar-refractivity contribution in [2.75, 3.05) is 49.9 Å². The van der Waals surface area contributed by atoms with Crippen molar-refractivity contribution in [3.05, 3.63) is 58.7 Å². The minimum Gasteiger partial charge on any atom is -0.481 e. The molecular formula is C30H40N4O6. The van der Waals surface area contributed by atoms with E-state index in [0.29, 0.717) is 48.4 Å². The van der Waals surface area contributed by atoms with Crippen LogP contribution in [0, 0.1) is 0 Å². The average Bonchev–Trinajstić information content (AvgIpc) is 2.92. The summed E-state index contributed by atoms with van der Waals surface area (Å²) in [6.45, 7) is 14.1. The number of nitrogens with one attached hydrogen (secondary N) is 2. The van der Waals surface area contributed by atoms with Crippen LogP contribution in [0.1, 0.15) is 79.3 Å². The molecule has 3 N–H and O–H groups in total. The van der Waals surface area contributed by atoms with Crippen LogP contribution in [0.5, 0.6) is 0 Å². The highest BCUT2D eigenvalue weighted by Crippen LogP contribution is 2.31. The van der Waals surface area contributed by atoms with Crippen LogP contribution in [0.4, 0.5) is 11.4 Å². The van der Waals surface area contributed by atoms with Crippen molar-refractivity contribution in [2.24, 2.45) is 0 Å². The van der Waals surface area contributed by atoms with E-state index in [1.165, 1.54) is 0 Å². The fraction of sp³-hybridized carbons (Fsp3) is 0.433. The van der Waals surface area contributed by atoms with Crippen molar-refractivity contribution in [2.45, 2.75) is 47.5 Å². The van der Waals surface area contributed by atoms with Gasteiger partial charge >= 0.3 is 0 Å². The van der Waals surface area contributed by atoms with E-state index in [0.717, 1.165) is 33.1 Å². The summed E-state index contributed by atoms with van der Waals surface area (Å²) < 4.78 is 0. The van der Waals surface area contributed by atoms with Gasteiger partial charge in [-0.15, -0.1) is 0 Å². The third-order valence-corrected chi connectivity index (χ3v) is 6.68. The fourth-order valence-electron chi connectivity index (χ4n) is 4.35. The molecule has 2 amide bonds. The van der Waals surface area contributed by atoms with Crippen LogP contribution in [0.2, 0.25) is 0 Å². The zero-order valence-electron chi connectivity index (χ0n) is 24.0. The number of carbonyl (C=O) groups is 5. The molecule has 0 aliphatic heterocycles. The summed E-state index contributed by atoms with van der Waals surface area (Å²) in [6.07, 6.45) is 0.690. The van der Waals surface area contributed by atoms with Gasteiger partial charge in [0.05, 0.1) is 0 Å². The SMILES string of the molecule is CC(=O)O.CCN(CC)CCC(=O)Nc1ccc2c(c1)C(=O)c1ccc(NC(=O)CCN(CC)CC)cc1C2=O. The van der Waals surface area contributed by atoms with Crippen LogP contribution in [-0.4, -0.2) is 83.5 Å². The topological polar surface area (TPSA) is 136 Å². The monoisotopic (exact) mass is 552 g/mol. The van der Waals surface area contributed by atoms with Gasteiger partial charge in [-0.1, -0.05) is 27.7 Å². The molecule has 3 rings (SSSR count). The molecule has 0 fully saturated rings. The van der Waals surface area contributed by atoms with E-state index in [4.69, 9.17) is 9.90 Å². The fourth-order valence-corrected chi connectivity index (χ4v) is 4.35. The van der Waals surface area contributed by atoms with E-state index >= 15 is 0 Å². The maximum Gasteiger partial charge on any atom is 0.300 e. The normalized spacial score (nSPS) is 11.9. The second-order valence-electron chi connectivity index (χ2n) is 9.35. The molecule has 0 radical (unpaired) electrons. The molecule has 0 saturated heterocycles. The zero-order chi connectivity index (χ0) is 29.8. The second kappa shape index (κ2) is 15.6. The molecular weight excluding hydrogens is 512 g/mol. The number of hydrogen-bond acceptors (Lipinski definition) is 7. The van der Waals surface area contributed by atoms with Crippen molar-refractivity contribution in [3.63, 3.8) is 0 Å². The van der Waals surface area contributed by atoms with Gasteiger partial charge in [0.1, 0.15) is 0 Å². The van der Waals surface area contributed by atoms with Gasteiger partial charge in [0.25, 0.3) is 5.97 Å². The van der Waals surface area contributed by atoms with Crippen LogP contribution in [-0.2, 0) is 14.4 Å². The minimum absolute atomic E-state index is 0.141. The predicted octanol–water partition coefficient (Wildman–Crippen LogP) is 3.89. The highest BCUT2D eigenvalue weighted by atomic mass is 16.4. The molecule has 1 aliphatic carbocycles. The number of benzene rings is 2. The lowest BCUT2D eigenvalue weighted by Crippen LogP contribution is -2.28. The van der Waals surface area contributed by atoms with Crippen molar-refractivity contribution in [1.29, 1.82) is 0 Å². The highest BCUT2D eigenvalue weighted by Gasteiger charge is 2.30. The predicted molar refractivity (Wildman–Crippen MR) is 155 cm³/mol. The molecule has 0 heterocycles. The number of carboxylic acids is 1. The number of rotatable bonds is 12. The van der Waals surface area contributed by atoms with Gasteiger partial charge in [0.15, 0.2) is 11.6 Å². The summed E-state index contributed by atoms with van der Waals surface area (Å²) in [5.41, 5.74) is 2.09. The Bertz CT molecular complexity index is 1140. The number of amides is 2. The molecule has 2 aromatic rings. The molecule has 0 spiro atoms. The van der Waals surface area contributed by atoms with Crippen molar-refractivity contribution < 1.29 is 29.1 Å². The van der Waals surface area contributed by atoms with E-state index in [1.54, 1.807) is 36.4 Å². The van der Waals surface area contributed by atoms with E-state index in [-0.39, 0.29) is 34.5 Å². The smallest absolute Gasteiger partial charge is 0.300 e. The van der Waals surface area contributed by atoms with Crippen molar-refractivity contribution in [3.8, 4) is 0 Å². The Morgan fingerprint density at radius 1 is 0.650 bits per heavy atom. The van der Waals surface area contributed by atoms with Gasteiger partial charge in [-0.05, 0) is 62.6 Å². The lowest BCUT2D eigenvalue weighted by atomic mass is 9.83. The Balaban J connectivity index is 0.00000131. The minimum atomic E-state index is -0.833. The Morgan fingerprint density at radius 3 is 1.27 bits per heavy atom. The number of ketones is 2. The number of carbonyl (C=O) groups excluding carboxylic acids is 4. The molecule has 0 saturated carbocycles. The molecule has 2 aromatic carbocycles. The van der Waals surface area contributed by atoms with E-state index in [9.17, 15) is 19.2 Å². The Kier molecular flexibility index (Phi) is 12.6.